The number of nitrogens with one attached hydrogen (secondary N) is 1. The van der Waals surface area contributed by atoms with E-state index in [-0.39, 0.29) is 16.6 Å². The summed E-state index contributed by atoms with van der Waals surface area (Å²) in [5.74, 6) is 0.138. The molecule has 0 radical (unpaired) electrons. The van der Waals surface area contributed by atoms with Crippen molar-refractivity contribution in [3.63, 3.8) is 0 Å². The van der Waals surface area contributed by atoms with Crippen molar-refractivity contribution in [1.82, 2.24) is 15.0 Å². The number of hydrogen-bond donors (Lipinski definition) is 1. The summed E-state index contributed by atoms with van der Waals surface area (Å²) >= 11 is 0. The first-order valence-electron chi connectivity index (χ1n) is 8.89. The summed E-state index contributed by atoms with van der Waals surface area (Å²) in [6, 6.07) is 10.9. The number of benzene rings is 1. The lowest BCUT2D eigenvalue weighted by Crippen LogP contribution is -2.16. The van der Waals surface area contributed by atoms with E-state index in [2.05, 4.69) is 26.6 Å². The van der Waals surface area contributed by atoms with Gasteiger partial charge in [-0.1, -0.05) is 37.6 Å². The lowest BCUT2D eigenvalue weighted by molar-refractivity contribution is 0.397. The van der Waals surface area contributed by atoms with E-state index in [1.807, 2.05) is 24.3 Å². The van der Waals surface area contributed by atoms with Gasteiger partial charge in [0.15, 0.2) is 0 Å². The van der Waals surface area contributed by atoms with Gasteiger partial charge in [0, 0.05) is 11.8 Å². The maximum absolute atomic E-state index is 13.0. The van der Waals surface area contributed by atoms with Crippen molar-refractivity contribution < 1.29 is 13.2 Å². The zero-order valence-corrected chi connectivity index (χ0v) is 16.8. The van der Waals surface area contributed by atoms with Gasteiger partial charge >= 0.3 is 0 Å². The van der Waals surface area contributed by atoms with Crippen LogP contribution in [-0.2, 0) is 16.4 Å². The fourth-order valence-electron chi connectivity index (χ4n) is 2.79. The van der Waals surface area contributed by atoms with E-state index in [0.29, 0.717) is 11.4 Å². The monoisotopic (exact) mass is 398 g/mol. The molecule has 1 aromatic carbocycles. The number of pyridine rings is 1. The van der Waals surface area contributed by atoms with Crippen LogP contribution < -0.4 is 9.46 Å². The molecule has 7 nitrogen and oxygen atoms in total. The summed E-state index contributed by atoms with van der Waals surface area (Å²) in [5.41, 5.74) is 2.92. The van der Waals surface area contributed by atoms with Gasteiger partial charge in [-0.05, 0) is 31.0 Å². The molecule has 3 rings (SSSR count). The van der Waals surface area contributed by atoms with E-state index < -0.39 is 10.0 Å². The summed E-state index contributed by atoms with van der Waals surface area (Å²) in [6.07, 6.45) is 5.06. The van der Waals surface area contributed by atoms with E-state index in [0.717, 1.165) is 18.4 Å². The van der Waals surface area contributed by atoms with Crippen molar-refractivity contribution >= 4 is 15.8 Å². The second-order valence-corrected chi connectivity index (χ2v) is 7.92. The Morgan fingerprint density at radius 1 is 1.11 bits per heavy atom. The van der Waals surface area contributed by atoms with Gasteiger partial charge in [-0.2, -0.15) is 0 Å². The molecule has 0 bridgehead atoms. The minimum Gasteiger partial charge on any atom is -0.478 e. The molecule has 0 fully saturated rings. The van der Waals surface area contributed by atoms with Crippen LogP contribution >= 0.6 is 0 Å². The molecule has 1 N–H and O–H groups in total. The molecule has 28 heavy (non-hydrogen) atoms. The predicted octanol–water partition coefficient (Wildman–Crippen LogP) is 3.61. The number of rotatable bonds is 7. The van der Waals surface area contributed by atoms with Crippen LogP contribution in [0.5, 0.6) is 5.88 Å². The second kappa shape index (κ2) is 8.35. The Hall–Kier alpha value is -3.00. The Kier molecular flexibility index (Phi) is 5.89. The molecule has 2 aromatic heterocycles. The number of aromatic nitrogens is 3. The third-order valence-electron chi connectivity index (χ3n) is 4.11. The fraction of sp³-hybridized carbons (Fsp3) is 0.250. The van der Waals surface area contributed by atoms with Gasteiger partial charge in [0.25, 0.3) is 15.9 Å². The quantitative estimate of drug-likeness (QED) is 0.653. The Balaban J connectivity index is 1.99. The highest BCUT2D eigenvalue weighted by molar-refractivity contribution is 7.92. The molecule has 0 saturated carbocycles. The van der Waals surface area contributed by atoms with Gasteiger partial charge in [0.2, 0.25) is 5.82 Å². The summed E-state index contributed by atoms with van der Waals surface area (Å²) in [4.78, 5) is 12.6. The van der Waals surface area contributed by atoms with Crippen molar-refractivity contribution in [2.24, 2.45) is 0 Å². The number of ether oxygens (including phenoxy) is 1. The van der Waals surface area contributed by atoms with Crippen LogP contribution in [0.15, 0.2) is 53.7 Å². The normalized spacial score (nSPS) is 11.2. The van der Waals surface area contributed by atoms with E-state index in [4.69, 9.17) is 4.74 Å². The van der Waals surface area contributed by atoms with Crippen LogP contribution in [0.2, 0.25) is 0 Å². The first kappa shape index (κ1) is 19.8. The molecule has 2 heterocycles. The molecule has 0 unspecified atom stereocenters. The van der Waals surface area contributed by atoms with E-state index in [1.54, 1.807) is 19.2 Å². The van der Waals surface area contributed by atoms with Crippen molar-refractivity contribution in [2.75, 3.05) is 11.8 Å². The lowest BCUT2D eigenvalue weighted by Gasteiger charge is -2.13. The third kappa shape index (κ3) is 4.28. The van der Waals surface area contributed by atoms with Gasteiger partial charge in [-0.25, -0.2) is 18.4 Å². The van der Waals surface area contributed by atoms with E-state index >= 15 is 0 Å². The molecule has 0 aliphatic carbocycles. The van der Waals surface area contributed by atoms with Crippen LogP contribution in [0.3, 0.4) is 0 Å². The van der Waals surface area contributed by atoms with Gasteiger partial charge < -0.3 is 4.74 Å². The van der Waals surface area contributed by atoms with Crippen molar-refractivity contribution in [3.05, 3.63) is 60.0 Å². The highest BCUT2D eigenvalue weighted by atomic mass is 32.2. The number of aryl methyl sites for hydroxylation is 2. The molecule has 0 saturated heterocycles. The molecule has 0 aliphatic heterocycles. The largest absolute Gasteiger partial charge is 0.478 e. The Morgan fingerprint density at radius 2 is 1.86 bits per heavy atom. The fourth-order valence-corrected chi connectivity index (χ4v) is 3.98. The van der Waals surface area contributed by atoms with Gasteiger partial charge in [-0.3, -0.25) is 9.71 Å². The summed E-state index contributed by atoms with van der Waals surface area (Å²) in [6.45, 7) is 3.86. The zero-order valence-electron chi connectivity index (χ0n) is 16.0. The van der Waals surface area contributed by atoms with Gasteiger partial charge in [-0.15, -0.1) is 0 Å². The molecule has 0 atom stereocenters. The summed E-state index contributed by atoms with van der Waals surface area (Å²) in [7, 11) is -2.54. The highest BCUT2D eigenvalue weighted by Gasteiger charge is 2.23. The maximum Gasteiger partial charge on any atom is 0.265 e. The van der Waals surface area contributed by atoms with Crippen molar-refractivity contribution in [1.29, 1.82) is 0 Å². The molecule has 3 aromatic rings. The standard InChI is InChI=1S/C20H22N4O3S/c1-4-6-15-8-10-16(11-9-15)18-17(7-5-12-21-18)28(25,26)24-19-20(27-3)23-14(2)13-22-19/h5,7-13H,4,6H2,1-3H3,(H,22,24). The average molecular weight is 398 g/mol. The Labute approximate surface area is 164 Å². The summed E-state index contributed by atoms with van der Waals surface area (Å²) < 4.78 is 33.7. The summed E-state index contributed by atoms with van der Waals surface area (Å²) in [5, 5.41) is 0. The van der Waals surface area contributed by atoms with Crippen LogP contribution in [0, 0.1) is 6.92 Å². The number of sulfonamides is 1. The number of hydrogen-bond acceptors (Lipinski definition) is 6. The number of methoxy groups -OCH3 is 1. The van der Waals surface area contributed by atoms with E-state index in [1.165, 1.54) is 24.9 Å². The Bertz CT molecular complexity index is 1070. The maximum atomic E-state index is 13.0. The van der Waals surface area contributed by atoms with Crippen LogP contribution in [0.4, 0.5) is 5.82 Å². The predicted molar refractivity (Wildman–Crippen MR) is 108 cm³/mol. The first-order valence-corrected chi connectivity index (χ1v) is 10.4. The van der Waals surface area contributed by atoms with Crippen LogP contribution in [0.25, 0.3) is 11.3 Å². The highest BCUT2D eigenvalue weighted by Crippen LogP contribution is 2.28. The van der Waals surface area contributed by atoms with Crippen LogP contribution in [0.1, 0.15) is 24.6 Å². The molecule has 146 valence electrons. The topological polar surface area (TPSA) is 94.1 Å². The molecular weight excluding hydrogens is 376 g/mol. The third-order valence-corrected chi connectivity index (χ3v) is 5.48. The molecule has 0 aliphatic rings. The van der Waals surface area contributed by atoms with Crippen molar-refractivity contribution in [3.8, 4) is 17.1 Å². The first-order chi connectivity index (χ1) is 13.4. The van der Waals surface area contributed by atoms with Gasteiger partial charge in [0.05, 0.1) is 24.7 Å². The minimum absolute atomic E-state index is 0.0289. The SMILES string of the molecule is CCCc1ccc(-c2ncccc2S(=O)(=O)Nc2ncc(C)nc2OC)cc1. The second-order valence-electron chi connectivity index (χ2n) is 6.27. The average Bonchev–Trinajstić information content (AvgIpc) is 2.70. The van der Waals surface area contributed by atoms with Crippen LogP contribution in [-0.4, -0.2) is 30.5 Å². The Morgan fingerprint density at radius 3 is 2.54 bits per heavy atom. The number of nitrogens with zero attached hydrogens (tertiary/aromatic N) is 3. The minimum atomic E-state index is -3.95. The number of anilines is 1. The van der Waals surface area contributed by atoms with Crippen molar-refractivity contribution in [2.45, 2.75) is 31.6 Å². The molecule has 0 amide bonds. The molecule has 0 spiro atoms. The lowest BCUT2D eigenvalue weighted by atomic mass is 10.1. The smallest absolute Gasteiger partial charge is 0.265 e. The van der Waals surface area contributed by atoms with Gasteiger partial charge in [0.1, 0.15) is 4.90 Å². The zero-order chi connectivity index (χ0) is 20.1. The molecule has 8 heteroatoms. The van der Waals surface area contributed by atoms with E-state index in [9.17, 15) is 8.42 Å². The molecular formula is C20H22N4O3S.